The molecule has 0 saturated carbocycles. The molecule has 0 spiro atoms. The van der Waals surface area contributed by atoms with Gasteiger partial charge in [-0.2, -0.15) is 5.26 Å². The minimum absolute atomic E-state index is 0.264. The van der Waals surface area contributed by atoms with Crippen molar-refractivity contribution in [3.05, 3.63) is 29.6 Å². The predicted octanol–water partition coefficient (Wildman–Crippen LogP) is 3.02. The molecule has 1 aliphatic rings. The van der Waals surface area contributed by atoms with Crippen LogP contribution in [0.4, 0.5) is 4.39 Å². The van der Waals surface area contributed by atoms with Gasteiger partial charge < -0.3 is 9.31 Å². The summed E-state index contributed by atoms with van der Waals surface area (Å²) >= 11 is 0. The van der Waals surface area contributed by atoms with Crippen LogP contribution in [-0.4, -0.2) is 18.3 Å². The van der Waals surface area contributed by atoms with E-state index in [1.54, 1.807) is 6.07 Å². The number of rotatable bonds is 1. The van der Waals surface area contributed by atoms with Gasteiger partial charge in [-0.3, -0.25) is 0 Å². The SMILES string of the molecule is CC.CC1(C)OB(c2cc(F)cc(C#N)c2)OC1(C)C. The summed E-state index contributed by atoms with van der Waals surface area (Å²) in [4.78, 5) is 0. The maximum Gasteiger partial charge on any atom is 0.494 e. The third-order valence-corrected chi connectivity index (χ3v) is 3.57. The Morgan fingerprint density at radius 2 is 1.55 bits per heavy atom. The van der Waals surface area contributed by atoms with Gasteiger partial charge >= 0.3 is 7.12 Å². The predicted molar refractivity (Wildman–Crippen MR) is 78.2 cm³/mol. The van der Waals surface area contributed by atoms with E-state index in [-0.39, 0.29) is 5.56 Å². The normalized spacial score (nSPS) is 19.0. The maximum absolute atomic E-state index is 13.4. The molecule has 1 heterocycles. The van der Waals surface area contributed by atoms with Crippen molar-refractivity contribution in [2.45, 2.75) is 52.7 Å². The van der Waals surface area contributed by atoms with Gasteiger partial charge in [0, 0.05) is 0 Å². The summed E-state index contributed by atoms with van der Waals surface area (Å²) in [6.07, 6.45) is 0. The van der Waals surface area contributed by atoms with Crippen molar-refractivity contribution < 1.29 is 13.7 Å². The summed E-state index contributed by atoms with van der Waals surface area (Å²) in [5.74, 6) is -0.459. The number of nitriles is 1. The lowest BCUT2D eigenvalue weighted by atomic mass is 9.78. The molecule has 5 heteroatoms. The lowest BCUT2D eigenvalue weighted by Crippen LogP contribution is -2.41. The van der Waals surface area contributed by atoms with E-state index in [0.29, 0.717) is 5.46 Å². The summed E-state index contributed by atoms with van der Waals surface area (Å²) in [5.41, 5.74) is -0.155. The first-order valence-electron chi connectivity index (χ1n) is 6.81. The van der Waals surface area contributed by atoms with Crippen LogP contribution in [-0.2, 0) is 9.31 Å². The van der Waals surface area contributed by atoms with Gasteiger partial charge in [0.15, 0.2) is 0 Å². The van der Waals surface area contributed by atoms with Gasteiger partial charge in [-0.05, 0) is 51.4 Å². The molecule has 0 unspecified atom stereocenters. The van der Waals surface area contributed by atoms with Gasteiger partial charge in [-0.1, -0.05) is 13.8 Å². The summed E-state index contributed by atoms with van der Waals surface area (Å²) < 4.78 is 25.0. The molecular weight excluding hydrogens is 256 g/mol. The van der Waals surface area contributed by atoms with Crippen LogP contribution in [0.3, 0.4) is 0 Å². The highest BCUT2D eigenvalue weighted by Crippen LogP contribution is 2.36. The van der Waals surface area contributed by atoms with Crippen molar-refractivity contribution in [3.8, 4) is 6.07 Å². The number of halogens is 1. The Morgan fingerprint density at radius 3 is 2.00 bits per heavy atom. The summed E-state index contributed by atoms with van der Waals surface area (Å²) in [5, 5.41) is 8.84. The van der Waals surface area contributed by atoms with Gasteiger partial charge in [0.25, 0.3) is 0 Å². The van der Waals surface area contributed by atoms with Gasteiger partial charge in [-0.25, -0.2) is 4.39 Å². The first kappa shape index (κ1) is 16.7. The molecule has 0 amide bonds. The Labute approximate surface area is 120 Å². The van der Waals surface area contributed by atoms with Crippen LogP contribution in [0, 0.1) is 17.1 Å². The van der Waals surface area contributed by atoms with Crippen LogP contribution in [0.5, 0.6) is 0 Å². The molecule has 0 N–H and O–H groups in total. The monoisotopic (exact) mass is 277 g/mol. The van der Waals surface area contributed by atoms with Crippen molar-refractivity contribution in [1.29, 1.82) is 5.26 Å². The van der Waals surface area contributed by atoms with Gasteiger partial charge in [-0.15, -0.1) is 0 Å². The Bertz CT molecular complexity index is 507. The molecule has 0 aliphatic carbocycles. The van der Waals surface area contributed by atoms with Crippen LogP contribution >= 0.6 is 0 Å². The van der Waals surface area contributed by atoms with Crippen LogP contribution in [0.1, 0.15) is 47.1 Å². The average molecular weight is 277 g/mol. The van der Waals surface area contributed by atoms with E-state index in [2.05, 4.69) is 0 Å². The van der Waals surface area contributed by atoms with Crippen LogP contribution in [0.2, 0.25) is 0 Å². The van der Waals surface area contributed by atoms with E-state index in [0.717, 1.165) is 0 Å². The average Bonchev–Trinajstić information content (AvgIpc) is 2.60. The smallest absolute Gasteiger partial charge is 0.399 e. The molecule has 1 aliphatic heterocycles. The summed E-state index contributed by atoms with van der Waals surface area (Å²) in [7, 11) is -0.641. The molecule has 0 bridgehead atoms. The van der Waals surface area contributed by atoms with Crippen LogP contribution in [0.25, 0.3) is 0 Å². The van der Waals surface area contributed by atoms with Gasteiger partial charge in [0.1, 0.15) is 5.82 Å². The Balaban J connectivity index is 0.000000956. The van der Waals surface area contributed by atoms with Crippen LogP contribution < -0.4 is 5.46 Å². The second-order valence-electron chi connectivity index (χ2n) is 5.47. The van der Waals surface area contributed by atoms with E-state index >= 15 is 0 Å². The van der Waals surface area contributed by atoms with Crippen molar-refractivity contribution >= 4 is 12.6 Å². The number of nitrogens with zero attached hydrogens (tertiary/aromatic N) is 1. The third-order valence-electron chi connectivity index (χ3n) is 3.57. The third kappa shape index (κ3) is 3.20. The molecule has 20 heavy (non-hydrogen) atoms. The molecule has 1 aromatic rings. The fourth-order valence-corrected chi connectivity index (χ4v) is 1.79. The van der Waals surface area contributed by atoms with E-state index in [1.165, 1.54) is 12.1 Å². The molecule has 0 atom stereocenters. The largest absolute Gasteiger partial charge is 0.494 e. The highest BCUT2D eigenvalue weighted by molar-refractivity contribution is 6.62. The molecule has 3 nitrogen and oxygen atoms in total. The Morgan fingerprint density at radius 1 is 1.05 bits per heavy atom. The maximum atomic E-state index is 13.4. The zero-order valence-corrected chi connectivity index (χ0v) is 13.0. The van der Waals surface area contributed by atoms with Crippen LogP contribution in [0.15, 0.2) is 18.2 Å². The van der Waals surface area contributed by atoms with Crippen molar-refractivity contribution in [3.63, 3.8) is 0 Å². The molecule has 108 valence electrons. The molecule has 2 rings (SSSR count). The van der Waals surface area contributed by atoms with Gasteiger partial charge in [0.05, 0.1) is 22.8 Å². The summed E-state index contributed by atoms with van der Waals surface area (Å²) in [6, 6.07) is 6.04. The van der Waals surface area contributed by atoms with Crippen molar-refractivity contribution in [2.75, 3.05) is 0 Å². The fraction of sp³-hybridized carbons (Fsp3) is 0.533. The topological polar surface area (TPSA) is 42.2 Å². The molecule has 0 aromatic heterocycles. The molecular formula is C15H21BFNO2. The lowest BCUT2D eigenvalue weighted by Gasteiger charge is -2.32. The fourth-order valence-electron chi connectivity index (χ4n) is 1.79. The first-order valence-corrected chi connectivity index (χ1v) is 6.81. The first-order chi connectivity index (χ1) is 9.25. The molecule has 1 aromatic carbocycles. The molecule has 1 saturated heterocycles. The number of hydrogen-bond donors (Lipinski definition) is 0. The minimum atomic E-state index is -0.641. The zero-order chi connectivity index (χ0) is 15.6. The molecule has 1 fully saturated rings. The van der Waals surface area contributed by atoms with E-state index in [4.69, 9.17) is 14.6 Å². The quantitative estimate of drug-likeness (QED) is 0.741. The highest BCUT2D eigenvalue weighted by Gasteiger charge is 2.51. The van der Waals surface area contributed by atoms with E-state index < -0.39 is 24.1 Å². The lowest BCUT2D eigenvalue weighted by molar-refractivity contribution is 0.00578. The molecule has 0 radical (unpaired) electrons. The van der Waals surface area contributed by atoms with Crippen molar-refractivity contribution in [2.24, 2.45) is 0 Å². The standard InChI is InChI=1S/C13H15BFNO2.C2H6/c1-12(2)13(3,4)18-14(17-12)10-5-9(8-16)6-11(15)7-10;1-2/h5-7H,1-4H3;1-2H3. The van der Waals surface area contributed by atoms with E-state index in [9.17, 15) is 4.39 Å². The Hall–Kier alpha value is -1.38. The number of hydrogen-bond acceptors (Lipinski definition) is 3. The van der Waals surface area contributed by atoms with Gasteiger partial charge in [0.2, 0.25) is 0 Å². The minimum Gasteiger partial charge on any atom is -0.399 e. The number of benzene rings is 1. The zero-order valence-electron chi connectivity index (χ0n) is 13.0. The summed E-state index contributed by atoms with van der Waals surface area (Å²) in [6.45, 7) is 11.7. The Kier molecular flexibility index (Phi) is 4.96. The highest BCUT2D eigenvalue weighted by atomic mass is 19.1. The van der Waals surface area contributed by atoms with E-state index in [1.807, 2.05) is 47.6 Å². The van der Waals surface area contributed by atoms with Crippen molar-refractivity contribution in [1.82, 2.24) is 0 Å². The second-order valence-corrected chi connectivity index (χ2v) is 5.47. The second kappa shape index (κ2) is 5.95.